The zero-order chi connectivity index (χ0) is 13.8. The Balaban J connectivity index is 2.03. The molecule has 0 aliphatic carbocycles. The number of likely N-dealkylation sites (tertiary alicyclic amines) is 1. The second-order valence-corrected chi connectivity index (χ2v) is 5.00. The highest BCUT2D eigenvalue weighted by Crippen LogP contribution is 2.27. The maximum Gasteiger partial charge on any atom is 0.225 e. The predicted molar refractivity (Wildman–Crippen MR) is 73.0 cm³/mol. The highest BCUT2D eigenvalue weighted by Gasteiger charge is 2.31. The minimum Gasteiger partial charge on any atom is -0.494 e. The van der Waals surface area contributed by atoms with Crippen molar-refractivity contribution in [3.63, 3.8) is 0 Å². The third-order valence-electron chi connectivity index (χ3n) is 3.44. The van der Waals surface area contributed by atoms with Crippen molar-refractivity contribution < 1.29 is 14.6 Å². The van der Waals surface area contributed by atoms with Gasteiger partial charge in [0.15, 0.2) is 0 Å². The number of benzene rings is 1. The molecule has 1 heterocycles. The summed E-state index contributed by atoms with van der Waals surface area (Å²) in [5.41, 5.74) is 1.06. The Bertz CT molecular complexity index is 430. The van der Waals surface area contributed by atoms with E-state index in [1.807, 2.05) is 31.2 Å². The van der Waals surface area contributed by atoms with Gasteiger partial charge in [0.05, 0.1) is 25.2 Å². The van der Waals surface area contributed by atoms with Crippen molar-refractivity contribution in [3.05, 3.63) is 29.8 Å². The van der Waals surface area contributed by atoms with Crippen molar-refractivity contribution in [1.82, 2.24) is 4.90 Å². The average Bonchev–Trinajstić information content (AvgIpc) is 2.75. The van der Waals surface area contributed by atoms with Crippen LogP contribution < -0.4 is 4.74 Å². The molecule has 0 bridgehead atoms. The van der Waals surface area contributed by atoms with Crippen LogP contribution in [-0.4, -0.2) is 35.2 Å². The molecule has 104 valence electrons. The van der Waals surface area contributed by atoms with E-state index in [9.17, 15) is 9.90 Å². The molecule has 2 rings (SSSR count). The Morgan fingerprint density at radius 2 is 2.11 bits per heavy atom. The van der Waals surface area contributed by atoms with Crippen LogP contribution in [0.15, 0.2) is 24.3 Å². The topological polar surface area (TPSA) is 49.8 Å². The normalized spacial score (nSPS) is 20.7. The van der Waals surface area contributed by atoms with Crippen LogP contribution >= 0.6 is 0 Å². The van der Waals surface area contributed by atoms with Crippen LogP contribution in [0, 0.1) is 0 Å². The molecule has 0 spiro atoms. The Morgan fingerprint density at radius 1 is 1.42 bits per heavy atom. The SMILES string of the molecule is CCCOc1ccc(C(C)N2CC(O)CC2=O)cc1. The van der Waals surface area contributed by atoms with E-state index in [4.69, 9.17) is 4.74 Å². The third-order valence-corrected chi connectivity index (χ3v) is 3.44. The molecule has 1 N–H and O–H groups in total. The van der Waals surface area contributed by atoms with Gasteiger partial charge < -0.3 is 14.7 Å². The molecule has 19 heavy (non-hydrogen) atoms. The van der Waals surface area contributed by atoms with E-state index in [0.717, 1.165) is 17.7 Å². The summed E-state index contributed by atoms with van der Waals surface area (Å²) in [7, 11) is 0. The maximum absolute atomic E-state index is 11.7. The van der Waals surface area contributed by atoms with E-state index in [2.05, 4.69) is 6.92 Å². The largest absolute Gasteiger partial charge is 0.494 e. The number of ether oxygens (including phenoxy) is 1. The molecular formula is C15H21NO3. The van der Waals surface area contributed by atoms with Crippen LogP contribution in [0.2, 0.25) is 0 Å². The van der Waals surface area contributed by atoms with Crippen molar-refractivity contribution in [2.24, 2.45) is 0 Å². The number of carbonyl (C=O) groups excluding carboxylic acids is 1. The number of hydrogen-bond donors (Lipinski definition) is 1. The predicted octanol–water partition coefficient (Wildman–Crippen LogP) is 2.13. The van der Waals surface area contributed by atoms with Crippen molar-refractivity contribution >= 4 is 5.91 Å². The number of nitrogens with zero attached hydrogens (tertiary/aromatic N) is 1. The molecule has 1 aromatic rings. The van der Waals surface area contributed by atoms with Gasteiger partial charge in [0.2, 0.25) is 5.91 Å². The molecule has 1 amide bonds. The number of rotatable bonds is 5. The smallest absolute Gasteiger partial charge is 0.225 e. The van der Waals surface area contributed by atoms with Gasteiger partial charge in [0.25, 0.3) is 0 Å². The summed E-state index contributed by atoms with van der Waals surface area (Å²) in [5.74, 6) is 0.872. The number of aliphatic hydroxyl groups is 1. The molecule has 1 aliphatic rings. The van der Waals surface area contributed by atoms with Gasteiger partial charge in [-0.15, -0.1) is 0 Å². The van der Waals surface area contributed by atoms with E-state index in [-0.39, 0.29) is 18.4 Å². The summed E-state index contributed by atoms with van der Waals surface area (Å²) in [5, 5.41) is 9.52. The molecule has 0 aromatic heterocycles. The van der Waals surface area contributed by atoms with Crippen molar-refractivity contribution in [2.75, 3.05) is 13.2 Å². The first-order valence-electron chi connectivity index (χ1n) is 6.82. The lowest BCUT2D eigenvalue weighted by Gasteiger charge is -2.24. The minimum absolute atomic E-state index is 0.00937. The van der Waals surface area contributed by atoms with Gasteiger partial charge in [0.1, 0.15) is 5.75 Å². The summed E-state index contributed by atoms with van der Waals surface area (Å²) in [4.78, 5) is 13.5. The fraction of sp³-hybridized carbons (Fsp3) is 0.533. The molecule has 0 radical (unpaired) electrons. The quantitative estimate of drug-likeness (QED) is 0.885. The molecular weight excluding hydrogens is 242 g/mol. The van der Waals surface area contributed by atoms with Crippen molar-refractivity contribution in [1.29, 1.82) is 0 Å². The van der Waals surface area contributed by atoms with Gasteiger partial charge >= 0.3 is 0 Å². The minimum atomic E-state index is -0.526. The maximum atomic E-state index is 11.7. The number of carbonyl (C=O) groups is 1. The summed E-state index contributed by atoms with van der Waals surface area (Å²) in [6, 6.07) is 7.81. The second kappa shape index (κ2) is 6.06. The first-order chi connectivity index (χ1) is 9.11. The highest BCUT2D eigenvalue weighted by atomic mass is 16.5. The summed E-state index contributed by atoms with van der Waals surface area (Å²) in [6.45, 7) is 5.19. The number of aliphatic hydroxyl groups excluding tert-OH is 1. The zero-order valence-corrected chi connectivity index (χ0v) is 11.5. The standard InChI is InChI=1S/C15H21NO3/c1-3-8-19-14-6-4-12(5-7-14)11(2)16-10-13(17)9-15(16)18/h4-7,11,13,17H,3,8-10H2,1-2H3. The molecule has 4 nitrogen and oxygen atoms in total. The van der Waals surface area contributed by atoms with Crippen LogP contribution in [0.3, 0.4) is 0 Å². The average molecular weight is 263 g/mol. The molecule has 2 unspecified atom stereocenters. The Labute approximate surface area is 114 Å². The summed E-state index contributed by atoms with van der Waals surface area (Å²) < 4.78 is 5.53. The van der Waals surface area contributed by atoms with E-state index >= 15 is 0 Å². The number of hydrogen-bond acceptors (Lipinski definition) is 3. The van der Waals surface area contributed by atoms with Crippen molar-refractivity contribution in [2.45, 2.75) is 38.8 Å². The van der Waals surface area contributed by atoms with Crippen LogP contribution in [0.5, 0.6) is 5.75 Å². The fourth-order valence-corrected chi connectivity index (χ4v) is 2.33. The lowest BCUT2D eigenvalue weighted by molar-refractivity contribution is -0.129. The fourth-order valence-electron chi connectivity index (χ4n) is 2.33. The summed E-state index contributed by atoms with van der Waals surface area (Å²) in [6.07, 6.45) is 0.697. The molecule has 1 saturated heterocycles. The lowest BCUT2D eigenvalue weighted by Crippen LogP contribution is -2.29. The molecule has 1 aromatic carbocycles. The van der Waals surface area contributed by atoms with Crippen LogP contribution in [-0.2, 0) is 4.79 Å². The molecule has 4 heteroatoms. The van der Waals surface area contributed by atoms with Crippen LogP contribution in [0.4, 0.5) is 0 Å². The van der Waals surface area contributed by atoms with Crippen LogP contribution in [0.1, 0.15) is 38.3 Å². The Morgan fingerprint density at radius 3 is 2.63 bits per heavy atom. The van der Waals surface area contributed by atoms with Gasteiger partial charge in [0, 0.05) is 6.54 Å². The number of β-amino-alcohol motifs (C(OH)–C–C–N with tert-alkyl or cyclic N) is 1. The molecule has 1 fully saturated rings. The Kier molecular flexibility index (Phi) is 4.43. The zero-order valence-electron chi connectivity index (χ0n) is 11.5. The lowest BCUT2D eigenvalue weighted by atomic mass is 10.1. The first kappa shape index (κ1) is 13.9. The van der Waals surface area contributed by atoms with E-state index < -0.39 is 6.10 Å². The third kappa shape index (κ3) is 3.26. The molecule has 2 atom stereocenters. The van der Waals surface area contributed by atoms with E-state index in [0.29, 0.717) is 13.2 Å². The van der Waals surface area contributed by atoms with Crippen LogP contribution in [0.25, 0.3) is 0 Å². The Hall–Kier alpha value is -1.55. The number of amides is 1. The van der Waals surface area contributed by atoms with Gasteiger partial charge in [-0.3, -0.25) is 4.79 Å². The summed E-state index contributed by atoms with van der Waals surface area (Å²) >= 11 is 0. The molecule has 1 aliphatic heterocycles. The molecule has 0 saturated carbocycles. The van der Waals surface area contributed by atoms with Gasteiger partial charge in [-0.1, -0.05) is 19.1 Å². The van der Waals surface area contributed by atoms with Gasteiger partial charge in [-0.2, -0.15) is 0 Å². The van der Waals surface area contributed by atoms with Crippen molar-refractivity contribution in [3.8, 4) is 5.75 Å². The van der Waals surface area contributed by atoms with E-state index in [1.54, 1.807) is 4.90 Å². The first-order valence-corrected chi connectivity index (χ1v) is 6.82. The van der Waals surface area contributed by atoms with Gasteiger partial charge in [-0.05, 0) is 31.0 Å². The highest BCUT2D eigenvalue weighted by molar-refractivity contribution is 5.79. The van der Waals surface area contributed by atoms with E-state index in [1.165, 1.54) is 0 Å². The monoisotopic (exact) mass is 263 g/mol. The van der Waals surface area contributed by atoms with Gasteiger partial charge in [-0.25, -0.2) is 0 Å². The second-order valence-electron chi connectivity index (χ2n) is 5.00.